The summed E-state index contributed by atoms with van der Waals surface area (Å²) in [5, 5.41) is 11.4. The van der Waals surface area contributed by atoms with Crippen LogP contribution in [-0.4, -0.2) is 23.8 Å². The molecule has 1 aliphatic rings. The molecule has 5 heteroatoms. The average Bonchev–Trinajstić information content (AvgIpc) is 2.76. The van der Waals surface area contributed by atoms with Crippen molar-refractivity contribution in [3.05, 3.63) is 64.2 Å². The second-order valence-electron chi connectivity index (χ2n) is 6.04. The maximum Gasteiger partial charge on any atom is 0.263 e. The molecule has 0 fully saturated rings. The number of halogens is 1. The monoisotopic (exact) mass is 343 g/mol. The average molecular weight is 344 g/mol. The number of rotatable bonds is 4. The van der Waals surface area contributed by atoms with Crippen LogP contribution in [0.25, 0.3) is 0 Å². The number of likely N-dealkylation sites (N-methyl/N-ethyl adjacent to an activating group) is 1. The molecule has 0 saturated heterocycles. The quantitative estimate of drug-likeness (QED) is 0.866. The van der Waals surface area contributed by atoms with Crippen molar-refractivity contribution in [1.82, 2.24) is 0 Å². The number of hydrogen-bond acceptors (Lipinski definition) is 3. The van der Waals surface area contributed by atoms with Gasteiger partial charge in [-0.25, -0.2) is 0 Å². The van der Waals surface area contributed by atoms with Gasteiger partial charge in [-0.3, -0.25) is 9.59 Å². The van der Waals surface area contributed by atoms with E-state index in [0.717, 1.165) is 12.0 Å². The number of carbonyl (C=O) groups is 2. The molecule has 4 nitrogen and oxygen atoms in total. The van der Waals surface area contributed by atoms with Gasteiger partial charge in [-0.15, -0.1) is 0 Å². The predicted octanol–water partition coefficient (Wildman–Crippen LogP) is 3.34. The lowest BCUT2D eigenvalue weighted by molar-refractivity contribution is -0.135. The summed E-state index contributed by atoms with van der Waals surface area (Å²) in [5.74, 6) is -0.798. The van der Waals surface area contributed by atoms with E-state index in [0.29, 0.717) is 21.8 Å². The lowest BCUT2D eigenvalue weighted by atomic mass is 9.88. The SMILES string of the molecule is CCc1ccc(C(=O)C[C@@]2(O)C(=O)N(C)c3ccc(Cl)cc32)cc1. The highest BCUT2D eigenvalue weighted by molar-refractivity contribution is 6.31. The molecule has 24 heavy (non-hydrogen) atoms. The minimum absolute atomic E-state index is 0.283. The lowest BCUT2D eigenvalue weighted by Gasteiger charge is -2.21. The van der Waals surface area contributed by atoms with E-state index in [4.69, 9.17) is 11.6 Å². The van der Waals surface area contributed by atoms with Crippen molar-refractivity contribution >= 4 is 29.0 Å². The molecule has 0 saturated carbocycles. The first-order valence-electron chi connectivity index (χ1n) is 7.79. The van der Waals surface area contributed by atoms with Crippen LogP contribution in [0.1, 0.15) is 34.8 Å². The van der Waals surface area contributed by atoms with Crippen LogP contribution in [0, 0.1) is 0 Å². The van der Waals surface area contributed by atoms with Crippen LogP contribution in [0.5, 0.6) is 0 Å². The Hall–Kier alpha value is -2.17. The number of aryl methyl sites for hydroxylation is 1. The molecule has 0 aliphatic carbocycles. The van der Waals surface area contributed by atoms with Gasteiger partial charge >= 0.3 is 0 Å². The van der Waals surface area contributed by atoms with Gasteiger partial charge in [-0.2, -0.15) is 0 Å². The summed E-state index contributed by atoms with van der Waals surface area (Å²) in [5.41, 5.74) is 0.669. The molecule has 0 radical (unpaired) electrons. The van der Waals surface area contributed by atoms with Gasteiger partial charge in [0.05, 0.1) is 12.1 Å². The molecule has 0 unspecified atom stereocenters. The molecular weight excluding hydrogens is 326 g/mol. The third-order valence-corrected chi connectivity index (χ3v) is 4.76. The predicted molar refractivity (Wildman–Crippen MR) is 93.5 cm³/mol. The minimum Gasteiger partial charge on any atom is -0.375 e. The molecule has 1 atom stereocenters. The van der Waals surface area contributed by atoms with E-state index >= 15 is 0 Å². The first-order valence-corrected chi connectivity index (χ1v) is 8.17. The molecule has 1 heterocycles. The summed E-state index contributed by atoms with van der Waals surface area (Å²) in [6.07, 6.45) is 0.572. The van der Waals surface area contributed by atoms with E-state index in [-0.39, 0.29) is 12.2 Å². The topological polar surface area (TPSA) is 57.6 Å². The Balaban J connectivity index is 1.95. The normalized spacial score (nSPS) is 19.5. The Morgan fingerprint density at radius 1 is 1.21 bits per heavy atom. The molecule has 2 aromatic rings. The van der Waals surface area contributed by atoms with Crippen molar-refractivity contribution in [2.24, 2.45) is 0 Å². The summed E-state index contributed by atoms with van der Waals surface area (Å²) < 4.78 is 0. The molecule has 124 valence electrons. The standard InChI is InChI=1S/C19H18ClNO3/c1-3-12-4-6-13(7-5-12)17(22)11-19(24)15-10-14(20)8-9-16(15)21(2)18(19)23/h4-10,24H,3,11H2,1-2H3/t19-/m0/s1. The maximum absolute atomic E-state index is 12.6. The third-order valence-electron chi connectivity index (χ3n) is 4.52. The van der Waals surface area contributed by atoms with E-state index in [1.807, 2.05) is 19.1 Å². The zero-order valence-electron chi connectivity index (χ0n) is 13.5. The molecule has 1 aliphatic heterocycles. The first kappa shape index (κ1) is 16.7. The zero-order valence-corrected chi connectivity index (χ0v) is 14.3. The third kappa shape index (κ3) is 2.62. The molecule has 0 spiro atoms. The van der Waals surface area contributed by atoms with Crippen molar-refractivity contribution < 1.29 is 14.7 Å². The van der Waals surface area contributed by atoms with Crippen molar-refractivity contribution in [1.29, 1.82) is 0 Å². The fourth-order valence-corrected chi connectivity index (χ4v) is 3.24. The second kappa shape index (κ2) is 6.04. The highest BCUT2D eigenvalue weighted by Crippen LogP contribution is 2.43. The number of amides is 1. The number of benzene rings is 2. The van der Waals surface area contributed by atoms with Crippen LogP contribution in [0.2, 0.25) is 5.02 Å². The molecule has 3 rings (SSSR count). The Kier molecular flexibility index (Phi) is 4.20. The Morgan fingerprint density at radius 3 is 2.50 bits per heavy atom. The van der Waals surface area contributed by atoms with Crippen LogP contribution in [0.3, 0.4) is 0 Å². The number of aliphatic hydroxyl groups is 1. The van der Waals surface area contributed by atoms with Crippen LogP contribution >= 0.6 is 11.6 Å². The second-order valence-corrected chi connectivity index (χ2v) is 6.47. The molecule has 1 amide bonds. The number of ketones is 1. The van der Waals surface area contributed by atoms with Crippen LogP contribution in [0.4, 0.5) is 5.69 Å². The Labute approximate surface area is 145 Å². The smallest absolute Gasteiger partial charge is 0.263 e. The van der Waals surface area contributed by atoms with E-state index in [1.165, 1.54) is 4.90 Å². The van der Waals surface area contributed by atoms with E-state index in [9.17, 15) is 14.7 Å². The summed E-state index contributed by atoms with van der Waals surface area (Å²) >= 11 is 6.01. The number of fused-ring (bicyclic) bond motifs is 1. The minimum atomic E-state index is -1.88. The summed E-state index contributed by atoms with van der Waals surface area (Å²) in [6.45, 7) is 2.03. The van der Waals surface area contributed by atoms with Gasteiger partial charge in [0.2, 0.25) is 0 Å². The lowest BCUT2D eigenvalue weighted by Crippen LogP contribution is -2.40. The summed E-state index contributed by atoms with van der Waals surface area (Å²) in [6, 6.07) is 12.1. The Bertz CT molecular complexity index is 816. The number of hydrogen-bond donors (Lipinski definition) is 1. The van der Waals surface area contributed by atoms with Gasteiger partial charge in [0.15, 0.2) is 11.4 Å². The van der Waals surface area contributed by atoms with Crippen LogP contribution in [-0.2, 0) is 16.8 Å². The van der Waals surface area contributed by atoms with E-state index < -0.39 is 11.5 Å². The summed E-state index contributed by atoms with van der Waals surface area (Å²) in [4.78, 5) is 26.5. The van der Waals surface area contributed by atoms with E-state index in [2.05, 4.69) is 0 Å². The van der Waals surface area contributed by atoms with Gasteiger partial charge in [-0.1, -0.05) is 42.8 Å². The molecular formula is C19H18ClNO3. The number of Topliss-reactive ketones (excluding diaryl/α,β-unsaturated/α-hetero) is 1. The van der Waals surface area contributed by atoms with Gasteiger partial charge in [-0.05, 0) is 30.2 Å². The fourth-order valence-electron chi connectivity index (χ4n) is 3.07. The largest absolute Gasteiger partial charge is 0.375 e. The van der Waals surface area contributed by atoms with Crippen LogP contribution in [0.15, 0.2) is 42.5 Å². The Morgan fingerprint density at radius 2 is 1.88 bits per heavy atom. The highest BCUT2D eigenvalue weighted by atomic mass is 35.5. The fraction of sp³-hybridized carbons (Fsp3) is 0.263. The molecule has 0 aromatic heterocycles. The van der Waals surface area contributed by atoms with Crippen molar-refractivity contribution in [2.45, 2.75) is 25.4 Å². The summed E-state index contributed by atoms with van der Waals surface area (Å²) in [7, 11) is 1.58. The van der Waals surface area contributed by atoms with Gasteiger partial charge < -0.3 is 10.0 Å². The van der Waals surface area contributed by atoms with Crippen LogP contribution < -0.4 is 4.90 Å². The molecule has 1 N–H and O–H groups in total. The number of anilines is 1. The molecule has 0 bridgehead atoms. The van der Waals surface area contributed by atoms with Crippen molar-refractivity contribution in [3.63, 3.8) is 0 Å². The number of nitrogens with zero attached hydrogens (tertiary/aromatic N) is 1. The number of carbonyl (C=O) groups excluding carboxylic acids is 2. The van der Waals surface area contributed by atoms with Gasteiger partial charge in [0.1, 0.15) is 0 Å². The van der Waals surface area contributed by atoms with Gasteiger partial charge in [0, 0.05) is 23.2 Å². The van der Waals surface area contributed by atoms with E-state index in [1.54, 1.807) is 37.4 Å². The maximum atomic E-state index is 12.6. The van der Waals surface area contributed by atoms with Crippen molar-refractivity contribution in [2.75, 3.05) is 11.9 Å². The molecule has 2 aromatic carbocycles. The first-order chi connectivity index (χ1) is 11.4. The zero-order chi connectivity index (χ0) is 17.5. The van der Waals surface area contributed by atoms with Crippen molar-refractivity contribution in [3.8, 4) is 0 Å². The van der Waals surface area contributed by atoms with Gasteiger partial charge in [0.25, 0.3) is 5.91 Å². The highest BCUT2D eigenvalue weighted by Gasteiger charge is 2.49.